The van der Waals surface area contributed by atoms with E-state index in [1.807, 2.05) is 18.2 Å². The Labute approximate surface area is 84.5 Å². The van der Waals surface area contributed by atoms with Crippen LogP contribution in [0, 0.1) is 0 Å². The maximum absolute atomic E-state index is 11.5. The number of halogens is 1. The van der Waals surface area contributed by atoms with Crippen molar-refractivity contribution in [2.45, 2.75) is 6.00 Å². The highest BCUT2D eigenvalue weighted by molar-refractivity contribution is 6.15. The van der Waals surface area contributed by atoms with Crippen LogP contribution in [0.25, 0.3) is 5.69 Å². The van der Waals surface area contributed by atoms with E-state index in [0.29, 0.717) is 5.69 Å². The molecule has 0 aliphatic heterocycles. The first-order chi connectivity index (χ1) is 6.83. The highest BCUT2D eigenvalue weighted by atomic mass is 35.5. The summed E-state index contributed by atoms with van der Waals surface area (Å²) >= 11 is 5.48. The van der Waals surface area contributed by atoms with Gasteiger partial charge in [-0.15, -0.1) is 11.6 Å². The number of hydrogen-bond acceptors (Lipinski definition) is 3. The third-order valence-electron chi connectivity index (χ3n) is 1.75. The van der Waals surface area contributed by atoms with Crippen LogP contribution in [0.5, 0.6) is 0 Å². The second kappa shape index (κ2) is 3.63. The second-order valence-electron chi connectivity index (χ2n) is 2.63. The first-order valence-electron chi connectivity index (χ1n) is 3.97. The van der Waals surface area contributed by atoms with Gasteiger partial charge in [-0.2, -0.15) is 9.36 Å². The van der Waals surface area contributed by atoms with Gasteiger partial charge >= 0.3 is 5.69 Å². The Morgan fingerprint density at radius 2 is 1.93 bits per heavy atom. The minimum absolute atomic E-state index is 0.00562. The fraction of sp³-hybridized carbons (Fsp3) is 0.125. The SMILES string of the molecule is O=c1n(CCl)nnn1-c1ccccc1. The summed E-state index contributed by atoms with van der Waals surface area (Å²) in [5.41, 5.74) is 0.333. The van der Waals surface area contributed by atoms with E-state index >= 15 is 0 Å². The van der Waals surface area contributed by atoms with Crippen molar-refractivity contribution in [3.63, 3.8) is 0 Å². The Hall–Kier alpha value is -1.62. The van der Waals surface area contributed by atoms with Crippen molar-refractivity contribution in [1.82, 2.24) is 19.8 Å². The topological polar surface area (TPSA) is 52.7 Å². The van der Waals surface area contributed by atoms with Crippen molar-refractivity contribution < 1.29 is 0 Å². The molecule has 0 aliphatic carbocycles. The summed E-state index contributed by atoms with van der Waals surface area (Å²) in [6, 6.07) is 9.05. The number of nitrogens with zero attached hydrogens (tertiary/aromatic N) is 4. The van der Waals surface area contributed by atoms with Gasteiger partial charge in [0, 0.05) is 0 Å². The lowest BCUT2D eigenvalue weighted by molar-refractivity contribution is 0.675. The molecule has 5 nitrogen and oxygen atoms in total. The standard InChI is InChI=1S/C8H7ClN4O/c9-6-12-8(14)13(11-10-12)7-4-2-1-3-5-7/h1-5H,6H2. The Morgan fingerprint density at radius 1 is 1.21 bits per heavy atom. The van der Waals surface area contributed by atoms with E-state index in [9.17, 15) is 4.79 Å². The molecule has 0 atom stereocenters. The van der Waals surface area contributed by atoms with Crippen LogP contribution in [-0.4, -0.2) is 19.8 Å². The molecule has 0 N–H and O–H groups in total. The lowest BCUT2D eigenvalue weighted by Gasteiger charge is -1.95. The number of rotatable bonds is 2. The van der Waals surface area contributed by atoms with Crippen LogP contribution in [-0.2, 0) is 6.00 Å². The predicted molar refractivity (Wildman–Crippen MR) is 51.5 cm³/mol. The molecule has 1 aromatic carbocycles. The monoisotopic (exact) mass is 210 g/mol. The Kier molecular flexibility index (Phi) is 2.32. The Morgan fingerprint density at radius 3 is 2.50 bits per heavy atom. The average molecular weight is 211 g/mol. The van der Waals surface area contributed by atoms with Crippen LogP contribution in [0.15, 0.2) is 35.1 Å². The van der Waals surface area contributed by atoms with E-state index in [-0.39, 0.29) is 11.7 Å². The minimum atomic E-state index is -0.341. The van der Waals surface area contributed by atoms with Gasteiger partial charge in [-0.05, 0) is 22.6 Å². The summed E-state index contributed by atoms with van der Waals surface area (Å²) in [5.74, 6) is 0. The number of alkyl halides is 1. The van der Waals surface area contributed by atoms with Gasteiger partial charge in [-0.3, -0.25) is 0 Å². The number of hydrogen-bond donors (Lipinski definition) is 0. The third-order valence-corrected chi connectivity index (χ3v) is 1.98. The highest BCUT2D eigenvalue weighted by Crippen LogP contribution is 2.00. The average Bonchev–Trinajstić information content (AvgIpc) is 2.61. The van der Waals surface area contributed by atoms with Gasteiger partial charge in [-0.25, -0.2) is 4.79 Å². The van der Waals surface area contributed by atoms with Crippen molar-refractivity contribution in [3.8, 4) is 5.69 Å². The summed E-state index contributed by atoms with van der Waals surface area (Å²) in [5, 5.41) is 7.29. The zero-order valence-corrected chi connectivity index (χ0v) is 7.92. The van der Waals surface area contributed by atoms with Crippen molar-refractivity contribution in [2.24, 2.45) is 0 Å². The quantitative estimate of drug-likeness (QED) is 0.683. The first kappa shape index (κ1) is 8.96. The van der Waals surface area contributed by atoms with Gasteiger partial charge in [-0.1, -0.05) is 18.2 Å². The maximum atomic E-state index is 11.5. The molecule has 0 aliphatic rings. The molecule has 2 aromatic rings. The fourth-order valence-electron chi connectivity index (χ4n) is 1.08. The van der Waals surface area contributed by atoms with Gasteiger partial charge in [0.1, 0.15) is 6.00 Å². The second-order valence-corrected chi connectivity index (χ2v) is 2.87. The molecule has 0 fully saturated rings. The summed E-state index contributed by atoms with van der Waals surface area (Å²) in [7, 11) is 0. The molecule has 0 spiro atoms. The maximum Gasteiger partial charge on any atom is 0.369 e. The molecule has 6 heteroatoms. The van der Waals surface area contributed by atoms with Crippen LogP contribution in [0.2, 0.25) is 0 Å². The van der Waals surface area contributed by atoms with Gasteiger partial charge in [0.05, 0.1) is 5.69 Å². The van der Waals surface area contributed by atoms with Crippen LogP contribution in [0.1, 0.15) is 0 Å². The zero-order chi connectivity index (χ0) is 9.97. The third kappa shape index (κ3) is 1.42. The van der Waals surface area contributed by atoms with E-state index in [1.54, 1.807) is 12.1 Å². The van der Waals surface area contributed by atoms with Crippen molar-refractivity contribution >= 4 is 11.6 Å². The lowest BCUT2D eigenvalue weighted by atomic mass is 10.3. The molecule has 1 heterocycles. The molecule has 0 saturated carbocycles. The smallest absolute Gasteiger partial charge is 0.244 e. The molecule has 14 heavy (non-hydrogen) atoms. The van der Waals surface area contributed by atoms with Crippen molar-refractivity contribution in [1.29, 1.82) is 0 Å². The molecule has 1 aromatic heterocycles. The molecule has 0 bridgehead atoms. The first-order valence-corrected chi connectivity index (χ1v) is 4.50. The zero-order valence-electron chi connectivity index (χ0n) is 7.17. The predicted octanol–water partition coefficient (Wildman–Crippen LogP) is 0.625. The molecule has 0 amide bonds. The molecule has 2 rings (SSSR count). The molecule has 72 valence electrons. The van der Waals surface area contributed by atoms with Gasteiger partial charge in [0.2, 0.25) is 0 Å². The summed E-state index contributed by atoms with van der Waals surface area (Å²) in [6.45, 7) is 0. The summed E-state index contributed by atoms with van der Waals surface area (Å²) < 4.78 is 2.27. The van der Waals surface area contributed by atoms with Gasteiger partial charge in [0.25, 0.3) is 0 Å². The van der Waals surface area contributed by atoms with Crippen LogP contribution >= 0.6 is 11.6 Å². The number of benzene rings is 1. The van der Waals surface area contributed by atoms with Gasteiger partial charge < -0.3 is 0 Å². The minimum Gasteiger partial charge on any atom is -0.244 e. The van der Waals surface area contributed by atoms with Crippen LogP contribution < -0.4 is 5.69 Å². The number of aromatic nitrogens is 4. The van der Waals surface area contributed by atoms with E-state index < -0.39 is 0 Å². The molecule has 0 radical (unpaired) electrons. The largest absolute Gasteiger partial charge is 0.369 e. The van der Waals surface area contributed by atoms with E-state index in [2.05, 4.69) is 10.4 Å². The fourth-order valence-corrected chi connectivity index (χ4v) is 1.23. The van der Waals surface area contributed by atoms with Crippen LogP contribution in [0.3, 0.4) is 0 Å². The normalized spacial score (nSPS) is 10.4. The van der Waals surface area contributed by atoms with Crippen molar-refractivity contribution in [2.75, 3.05) is 0 Å². The Bertz CT molecular complexity index is 476. The number of para-hydroxylation sites is 1. The molecule has 0 unspecified atom stereocenters. The molecular formula is C8H7ClN4O. The van der Waals surface area contributed by atoms with E-state index in [1.165, 1.54) is 4.68 Å². The van der Waals surface area contributed by atoms with Crippen molar-refractivity contribution in [3.05, 3.63) is 40.8 Å². The molecular weight excluding hydrogens is 204 g/mol. The summed E-state index contributed by atoms with van der Waals surface area (Å²) in [4.78, 5) is 11.5. The Balaban J connectivity index is 2.53. The van der Waals surface area contributed by atoms with Crippen LogP contribution in [0.4, 0.5) is 0 Å². The van der Waals surface area contributed by atoms with Gasteiger partial charge in [0.15, 0.2) is 0 Å². The van der Waals surface area contributed by atoms with E-state index in [4.69, 9.17) is 11.6 Å². The van der Waals surface area contributed by atoms with E-state index in [0.717, 1.165) is 4.68 Å². The highest BCUT2D eigenvalue weighted by Gasteiger charge is 2.06. The molecule has 0 saturated heterocycles. The summed E-state index contributed by atoms with van der Waals surface area (Å²) in [6.07, 6.45) is 0. The number of tetrazole rings is 1. The lowest BCUT2D eigenvalue weighted by Crippen LogP contribution is -2.22.